The average Bonchev–Trinajstić information content (AvgIpc) is 3.16. The summed E-state index contributed by atoms with van der Waals surface area (Å²) >= 11 is 0. The maximum absolute atomic E-state index is 13.3. The summed E-state index contributed by atoms with van der Waals surface area (Å²) in [6.45, 7) is 4.08. The summed E-state index contributed by atoms with van der Waals surface area (Å²) in [4.78, 5) is 16.1. The van der Waals surface area contributed by atoms with Crippen molar-refractivity contribution in [1.82, 2.24) is 4.98 Å². The van der Waals surface area contributed by atoms with Crippen LogP contribution < -0.4 is 0 Å². The molecule has 0 unspecified atom stereocenters. The molecule has 32 heavy (non-hydrogen) atoms. The Balaban J connectivity index is 1.78. The van der Waals surface area contributed by atoms with Crippen LogP contribution in [0.1, 0.15) is 36.1 Å². The minimum atomic E-state index is -2.01. The summed E-state index contributed by atoms with van der Waals surface area (Å²) in [6, 6.07) is 21.7. The van der Waals surface area contributed by atoms with Crippen LogP contribution >= 0.6 is 0 Å². The number of hydrogen-bond acceptors (Lipinski definition) is 4. The van der Waals surface area contributed by atoms with E-state index in [1.54, 1.807) is 42.5 Å². The number of amides is 1. The summed E-state index contributed by atoms with van der Waals surface area (Å²) < 4.78 is 0. The largest absolute Gasteiger partial charge is 0.493 e. The fraction of sp³-hybridized carbons (Fsp3) is 0.192. The molecule has 0 radical (unpaired) electrons. The number of aromatic hydroxyl groups is 1. The number of azo groups is 1. The second-order valence-corrected chi connectivity index (χ2v) is 7.68. The molecule has 0 aliphatic carbocycles. The Bertz CT molecular complexity index is 1220. The normalized spacial score (nSPS) is 12.0. The van der Waals surface area contributed by atoms with Gasteiger partial charge in [-0.1, -0.05) is 80.6 Å². The van der Waals surface area contributed by atoms with Gasteiger partial charge in [0.05, 0.1) is 5.52 Å². The predicted molar refractivity (Wildman–Crippen MR) is 124 cm³/mol. The molecule has 3 N–H and O–H groups in total. The molecule has 0 aliphatic rings. The first kappa shape index (κ1) is 21.5. The third-order valence-electron chi connectivity index (χ3n) is 5.77. The number of fused-ring (bicyclic) bond motifs is 1. The summed E-state index contributed by atoms with van der Waals surface area (Å²) in [5.41, 5.74) is 1.82. The minimum absolute atomic E-state index is 0.152. The molecule has 1 amide bonds. The molecule has 6 heteroatoms. The lowest BCUT2D eigenvalue weighted by atomic mass is 9.84. The molecule has 1 aromatic heterocycles. The molecular formula is C26H25N3O3. The van der Waals surface area contributed by atoms with E-state index in [2.05, 4.69) is 15.2 Å². The zero-order valence-corrected chi connectivity index (χ0v) is 18.0. The van der Waals surface area contributed by atoms with Gasteiger partial charge in [-0.2, -0.15) is 0 Å². The number of aromatic amines is 1. The van der Waals surface area contributed by atoms with Crippen LogP contribution in [0.25, 0.3) is 10.9 Å². The van der Waals surface area contributed by atoms with Crippen molar-refractivity contribution in [3.05, 3.63) is 95.1 Å². The van der Waals surface area contributed by atoms with Gasteiger partial charge in [0.25, 0.3) is 0 Å². The van der Waals surface area contributed by atoms with E-state index in [1.807, 2.05) is 44.2 Å². The van der Waals surface area contributed by atoms with E-state index in [-0.39, 0.29) is 11.6 Å². The van der Waals surface area contributed by atoms with Crippen molar-refractivity contribution in [2.24, 2.45) is 10.2 Å². The standard InChI is InChI=1S/C26H25N3O3/c1-3-17-9-13-19(14-10-17)26(32,20-15-11-18(4-2)12-16-20)25(31)29-28-23-21-7-5-6-8-22(21)27-24(23)30/h5-16,27,30,32H,3-4H2,1-2H3. The van der Waals surface area contributed by atoms with E-state index in [9.17, 15) is 15.0 Å². The Kier molecular flexibility index (Phi) is 5.88. The maximum atomic E-state index is 13.3. The summed E-state index contributed by atoms with van der Waals surface area (Å²) in [5.74, 6) is -1.03. The number of carbonyl (C=O) groups is 1. The molecule has 1 heterocycles. The van der Waals surface area contributed by atoms with E-state index < -0.39 is 11.5 Å². The second-order valence-electron chi connectivity index (χ2n) is 7.68. The first-order valence-corrected chi connectivity index (χ1v) is 10.6. The Morgan fingerprint density at radius 3 is 1.94 bits per heavy atom. The highest BCUT2D eigenvalue weighted by molar-refractivity contribution is 5.95. The average molecular weight is 428 g/mol. The number of hydrogen-bond donors (Lipinski definition) is 3. The lowest BCUT2D eigenvalue weighted by molar-refractivity contribution is -0.133. The van der Waals surface area contributed by atoms with Crippen molar-refractivity contribution in [2.75, 3.05) is 0 Å². The first-order valence-electron chi connectivity index (χ1n) is 10.6. The molecule has 0 saturated carbocycles. The van der Waals surface area contributed by atoms with Gasteiger partial charge in [-0.3, -0.25) is 4.79 Å². The molecule has 162 valence electrons. The number of carbonyl (C=O) groups excluding carboxylic acids is 1. The van der Waals surface area contributed by atoms with Crippen LogP contribution in [0.4, 0.5) is 5.69 Å². The van der Waals surface area contributed by atoms with Crippen molar-refractivity contribution in [3.63, 3.8) is 0 Å². The molecule has 0 fully saturated rings. The highest BCUT2D eigenvalue weighted by atomic mass is 16.3. The molecule has 0 atom stereocenters. The Morgan fingerprint density at radius 2 is 1.41 bits per heavy atom. The van der Waals surface area contributed by atoms with E-state index in [1.165, 1.54) is 0 Å². The van der Waals surface area contributed by atoms with Gasteiger partial charge >= 0.3 is 5.91 Å². The Labute approximate surface area is 186 Å². The quantitative estimate of drug-likeness (QED) is 0.352. The van der Waals surface area contributed by atoms with Crippen molar-refractivity contribution in [1.29, 1.82) is 0 Å². The molecule has 0 aliphatic heterocycles. The summed E-state index contributed by atoms with van der Waals surface area (Å²) in [5, 5.41) is 30.4. The van der Waals surface area contributed by atoms with Gasteiger partial charge in [-0.05, 0) is 41.2 Å². The molecule has 0 bridgehead atoms. The van der Waals surface area contributed by atoms with Crippen LogP contribution in [-0.4, -0.2) is 21.1 Å². The van der Waals surface area contributed by atoms with Crippen molar-refractivity contribution in [2.45, 2.75) is 32.3 Å². The number of benzene rings is 3. The summed E-state index contributed by atoms with van der Waals surface area (Å²) in [6.07, 6.45) is 1.69. The number of aliphatic hydroxyl groups is 1. The number of rotatable bonds is 6. The molecule has 4 aromatic rings. The van der Waals surface area contributed by atoms with Crippen LogP contribution in [0.15, 0.2) is 83.0 Å². The van der Waals surface area contributed by atoms with Gasteiger partial charge in [-0.25, -0.2) is 0 Å². The Hall–Kier alpha value is -3.77. The van der Waals surface area contributed by atoms with Gasteiger partial charge in [0, 0.05) is 5.39 Å². The van der Waals surface area contributed by atoms with Gasteiger partial charge < -0.3 is 15.2 Å². The number of para-hydroxylation sites is 1. The SMILES string of the molecule is CCc1ccc(C(O)(C(=O)N=Nc2c(O)[nH]c3ccccc23)c2ccc(CC)cc2)cc1. The fourth-order valence-corrected chi connectivity index (χ4v) is 3.76. The fourth-order valence-electron chi connectivity index (χ4n) is 3.76. The van der Waals surface area contributed by atoms with E-state index in [0.29, 0.717) is 22.0 Å². The number of nitrogens with one attached hydrogen (secondary N) is 1. The maximum Gasteiger partial charge on any atom is 0.305 e. The van der Waals surface area contributed by atoms with Crippen molar-refractivity contribution < 1.29 is 15.0 Å². The van der Waals surface area contributed by atoms with Crippen molar-refractivity contribution >= 4 is 22.5 Å². The topological polar surface area (TPSA) is 98.0 Å². The van der Waals surface area contributed by atoms with Gasteiger partial charge in [0.2, 0.25) is 5.88 Å². The zero-order chi connectivity index (χ0) is 22.7. The van der Waals surface area contributed by atoms with Crippen molar-refractivity contribution in [3.8, 4) is 5.88 Å². The van der Waals surface area contributed by atoms with E-state index in [4.69, 9.17) is 0 Å². The smallest absolute Gasteiger partial charge is 0.305 e. The third-order valence-corrected chi connectivity index (χ3v) is 5.77. The monoisotopic (exact) mass is 427 g/mol. The van der Waals surface area contributed by atoms with Gasteiger partial charge in [0.15, 0.2) is 11.3 Å². The van der Waals surface area contributed by atoms with E-state index >= 15 is 0 Å². The van der Waals surface area contributed by atoms with Crippen LogP contribution in [0.2, 0.25) is 0 Å². The lowest BCUT2D eigenvalue weighted by Gasteiger charge is -2.25. The first-order chi connectivity index (χ1) is 15.5. The lowest BCUT2D eigenvalue weighted by Crippen LogP contribution is -2.35. The zero-order valence-electron chi connectivity index (χ0n) is 18.0. The number of H-pyrrole nitrogens is 1. The summed E-state index contributed by atoms with van der Waals surface area (Å²) in [7, 11) is 0. The van der Waals surface area contributed by atoms with Crippen LogP contribution in [0.5, 0.6) is 5.88 Å². The highest BCUT2D eigenvalue weighted by Crippen LogP contribution is 2.37. The number of nitrogens with zero attached hydrogens (tertiary/aromatic N) is 2. The highest BCUT2D eigenvalue weighted by Gasteiger charge is 2.40. The van der Waals surface area contributed by atoms with Crippen LogP contribution in [0, 0.1) is 0 Å². The van der Waals surface area contributed by atoms with Crippen LogP contribution in [-0.2, 0) is 23.2 Å². The second kappa shape index (κ2) is 8.77. The van der Waals surface area contributed by atoms with Gasteiger partial charge in [-0.15, -0.1) is 10.2 Å². The molecule has 4 rings (SSSR count). The molecule has 0 saturated heterocycles. The third kappa shape index (κ3) is 3.81. The van der Waals surface area contributed by atoms with E-state index in [0.717, 1.165) is 24.0 Å². The number of aryl methyl sites for hydroxylation is 2. The molecule has 3 aromatic carbocycles. The predicted octanol–water partition coefficient (Wildman–Crippen LogP) is 5.54. The Morgan fingerprint density at radius 1 is 0.875 bits per heavy atom. The number of aromatic nitrogens is 1. The molecular weight excluding hydrogens is 402 g/mol. The molecule has 6 nitrogen and oxygen atoms in total. The molecule has 0 spiro atoms. The van der Waals surface area contributed by atoms with Gasteiger partial charge in [0.1, 0.15) is 0 Å². The minimum Gasteiger partial charge on any atom is -0.493 e. The van der Waals surface area contributed by atoms with Crippen LogP contribution in [0.3, 0.4) is 0 Å².